The molecule has 1 atom stereocenters. The molecule has 38 heavy (non-hydrogen) atoms. The van der Waals surface area contributed by atoms with Crippen LogP contribution in [-0.2, 0) is 22.6 Å². The third-order valence-corrected chi connectivity index (χ3v) is 7.17. The van der Waals surface area contributed by atoms with Gasteiger partial charge in [0.15, 0.2) is 6.61 Å². The van der Waals surface area contributed by atoms with Crippen molar-refractivity contribution in [2.75, 3.05) is 6.61 Å². The summed E-state index contributed by atoms with van der Waals surface area (Å²) >= 11 is 3.64. The van der Waals surface area contributed by atoms with Gasteiger partial charge in [0.1, 0.15) is 11.8 Å². The molecule has 0 aromatic heterocycles. The number of ether oxygens (including phenoxy) is 1. The average molecular weight is 574 g/mol. The van der Waals surface area contributed by atoms with E-state index in [4.69, 9.17) is 4.74 Å². The maximum Gasteiger partial charge on any atom is 0.261 e. The second kappa shape index (κ2) is 12.7. The van der Waals surface area contributed by atoms with Crippen molar-refractivity contribution in [1.82, 2.24) is 10.2 Å². The number of hydrogen-bond acceptors (Lipinski definition) is 3. The predicted octanol–water partition coefficient (Wildman–Crippen LogP) is 6.45. The first kappa shape index (κ1) is 27.4. The Kier molecular flexibility index (Phi) is 9.19. The molecule has 0 aliphatic rings. The molecule has 0 heterocycles. The molecule has 0 saturated carbocycles. The molecule has 0 bridgehead atoms. The molecule has 0 radical (unpaired) electrons. The third-order valence-electron chi connectivity index (χ3n) is 6.35. The minimum Gasteiger partial charge on any atom is -0.483 e. The highest BCUT2D eigenvalue weighted by Gasteiger charge is 2.31. The lowest BCUT2D eigenvalue weighted by atomic mass is 10.0. The number of rotatable bonds is 10. The van der Waals surface area contributed by atoms with Gasteiger partial charge in [0.05, 0.1) is 4.47 Å². The average Bonchev–Trinajstić information content (AvgIpc) is 2.91. The van der Waals surface area contributed by atoms with Gasteiger partial charge in [0.2, 0.25) is 5.91 Å². The van der Waals surface area contributed by atoms with Crippen LogP contribution in [0.2, 0.25) is 0 Å². The second-order valence-electron chi connectivity index (χ2n) is 9.76. The highest BCUT2D eigenvalue weighted by molar-refractivity contribution is 9.10. The maximum atomic E-state index is 13.8. The molecule has 4 aromatic rings. The van der Waals surface area contributed by atoms with Gasteiger partial charge in [-0.15, -0.1) is 0 Å². The van der Waals surface area contributed by atoms with Gasteiger partial charge in [-0.1, -0.05) is 90.5 Å². The fourth-order valence-electron chi connectivity index (χ4n) is 4.37. The van der Waals surface area contributed by atoms with Crippen LogP contribution in [0.3, 0.4) is 0 Å². The van der Waals surface area contributed by atoms with Gasteiger partial charge in [-0.2, -0.15) is 0 Å². The third kappa shape index (κ3) is 7.01. The molecule has 196 valence electrons. The van der Waals surface area contributed by atoms with E-state index in [9.17, 15) is 9.59 Å². The summed E-state index contributed by atoms with van der Waals surface area (Å²) in [5.74, 6) is 0.139. The zero-order chi connectivity index (χ0) is 27.1. The molecule has 5 nitrogen and oxygen atoms in total. The van der Waals surface area contributed by atoms with Crippen LogP contribution in [0.1, 0.15) is 30.5 Å². The van der Waals surface area contributed by atoms with Gasteiger partial charge >= 0.3 is 0 Å². The van der Waals surface area contributed by atoms with Crippen LogP contribution in [0.15, 0.2) is 95.5 Å². The van der Waals surface area contributed by atoms with Crippen molar-refractivity contribution in [2.24, 2.45) is 0 Å². The van der Waals surface area contributed by atoms with E-state index in [0.29, 0.717) is 18.7 Å². The number of carbonyl (C=O) groups is 2. The highest BCUT2D eigenvalue weighted by atomic mass is 79.9. The van der Waals surface area contributed by atoms with Crippen LogP contribution in [0.4, 0.5) is 0 Å². The molecule has 0 aliphatic heterocycles. The van der Waals surface area contributed by atoms with Crippen molar-refractivity contribution in [2.45, 2.75) is 45.8 Å². The molecular formula is C32H33BrN2O3. The topological polar surface area (TPSA) is 58.6 Å². The number of halogens is 1. The predicted molar refractivity (Wildman–Crippen MR) is 156 cm³/mol. The van der Waals surface area contributed by atoms with Crippen LogP contribution in [-0.4, -0.2) is 35.4 Å². The summed E-state index contributed by atoms with van der Waals surface area (Å²) in [6.07, 6.45) is 0.399. The smallest absolute Gasteiger partial charge is 0.261 e. The molecule has 1 unspecified atom stereocenters. The summed E-state index contributed by atoms with van der Waals surface area (Å²) in [7, 11) is 0. The Morgan fingerprint density at radius 1 is 0.868 bits per heavy atom. The molecule has 2 amide bonds. The summed E-state index contributed by atoms with van der Waals surface area (Å²) < 4.78 is 6.83. The molecule has 6 heteroatoms. The molecule has 4 rings (SSSR count). The van der Waals surface area contributed by atoms with Crippen LogP contribution in [0.25, 0.3) is 10.8 Å². The summed E-state index contributed by atoms with van der Waals surface area (Å²) in [6, 6.07) is 28.9. The first-order valence-corrected chi connectivity index (χ1v) is 13.6. The standard InChI is InChI=1S/C32H33BrN2O3/c1-22(2)34-32(37)28(19-24-9-5-4-6-10-24)35(20-25-15-13-23(3)14-16-25)30(36)21-38-29-18-17-26-11-7-8-12-27(26)31(29)33/h4-18,22,28H,19-21H2,1-3H3,(H,34,37). The fourth-order valence-corrected chi connectivity index (χ4v) is 4.98. The van der Waals surface area contributed by atoms with E-state index in [1.54, 1.807) is 4.90 Å². The van der Waals surface area contributed by atoms with Crippen molar-refractivity contribution < 1.29 is 14.3 Å². The van der Waals surface area contributed by atoms with E-state index >= 15 is 0 Å². The molecular weight excluding hydrogens is 540 g/mol. The molecule has 0 saturated heterocycles. The van der Waals surface area contributed by atoms with E-state index in [-0.39, 0.29) is 24.5 Å². The Hall–Kier alpha value is -3.64. The SMILES string of the molecule is Cc1ccc(CN(C(=O)COc2ccc3ccccc3c2Br)C(Cc2ccccc2)C(=O)NC(C)C)cc1. The molecule has 0 aliphatic carbocycles. The highest BCUT2D eigenvalue weighted by Crippen LogP contribution is 2.33. The number of amides is 2. The number of hydrogen-bond donors (Lipinski definition) is 1. The van der Waals surface area contributed by atoms with Gasteiger partial charge in [0, 0.05) is 19.0 Å². The van der Waals surface area contributed by atoms with Gasteiger partial charge in [-0.05, 0) is 64.7 Å². The summed E-state index contributed by atoms with van der Waals surface area (Å²) in [6.45, 7) is 5.97. The van der Waals surface area contributed by atoms with Crippen molar-refractivity contribution in [3.05, 3.63) is 112 Å². The zero-order valence-electron chi connectivity index (χ0n) is 22.0. The van der Waals surface area contributed by atoms with E-state index in [0.717, 1.165) is 31.9 Å². The Balaban J connectivity index is 1.63. The first-order valence-electron chi connectivity index (χ1n) is 12.8. The lowest BCUT2D eigenvalue weighted by Gasteiger charge is -2.32. The summed E-state index contributed by atoms with van der Waals surface area (Å²) in [5, 5.41) is 5.10. The fraction of sp³-hybridized carbons (Fsp3) is 0.250. The van der Waals surface area contributed by atoms with Crippen molar-refractivity contribution in [3.8, 4) is 5.75 Å². The van der Waals surface area contributed by atoms with E-state index in [1.807, 2.05) is 112 Å². The monoisotopic (exact) mass is 572 g/mol. The minimum absolute atomic E-state index is 0.0538. The Bertz CT molecular complexity index is 1390. The molecule has 1 N–H and O–H groups in total. The Morgan fingerprint density at radius 2 is 1.55 bits per heavy atom. The lowest BCUT2D eigenvalue weighted by molar-refractivity contribution is -0.143. The number of nitrogens with zero attached hydrogens (tertiary/aromatic N) is 1. The normalized spacial score (nSPS) is 11.8. The Morgan fingerprint density at radius 3 is 2.26 bits per heavy atom. The molecule has 0 fully saturated rings. The van der Waals surface area contributed by atoms with Gasteiger partial charge < -0.3 is 15.0 Å². The number of carbonyl (C=O) groups excluding carboxylic acids is 2. The second-order valence-corrected chi connectivity index (χ2v) is 10.6. The quantitative estimate of drug-likeness (QED) is 0.237. The maximum absolute atomic E-state index is 13.8. The lowest BCUT2D eigenvalue weighted by Crippen LogP contribution is -2.52. The van der Waals surface area contributed by atoms with Gasteiger partial charge in [-0.25, -0.2) is 0 Å². The number of nitrogens with one attached hydrogen (secondary N) is 1. The molecule has 4 aromatic carbocycles. The van der Waals surface area contributed by atoms with Crippen molar-refractivity contribution in [1.29, 1.82) is 0 Å². The van der Waals surface area contributed by atoms with Gasteiger partial charge in [0.25, 0.3) is 5.91 Å². The van der Waals surface area contributed by atoms with Crippen LogP contribution in [0, 0.1) is 6.92 Å². The van der Waals surface area contributed by atoms with Crippen LogP contribution >= 0.6 is 15.9 Å². The van der Waals surface area contributed by atoms with Crippen molar-refractivity contribution >= 4 is 38.5 Å². The van der Waals surface area contributed by atoms with Crippen molar-refractivity contribution in [3.63, 3.8) is 0 Å². The number of fused-ring (bicyclic) bond motifs is 1. The van der Waals surface area contributed by atoms with Gasteiger partial charge in [-0.3, -0.25) is 9.59 Å². The largest absolute Gasteiger partial charge is 0.483 e. The first-order chi connectivity index (χ1) is 18.3. The minimum atomic E-state index is -0.697. The van der Waals surface area contributed by atoms with Crippen LogP contribution < -0.4 is 10.1 Å². The van der Waals surface area contributed by atoms with E-state index in [2.05, 4.69) is 21.2 Å². The summed E-state index contributed by atoms with van der Waals surface area (Å²) in [5.41, 5.74) is 3.07. The Labute approximate surface area is 232 Å². The molecule has 0 spiro atoms. The zero-order valence-corrected chi connectivity index (χ0v) is 23.6. The van der Waals surface area contributed by atoms with E-state index in [1.165, 1.54) is 0 Å². The summed E-state index contributed by atoms with van der Waals surface area (Å²) in [4.78, 5) is 28.9. The van der Waals surface area contributed by atoms with E-state index < -0.39 is 6.04 Å². The number of aryl methyl sites for hydroxylation is 1. The number of benzene rings is 4. The van der Waals surface area contributed by atoms with Crippen LogP contribution in [0.5, 0.6) is 5.75 Å².